The summed E-state index contributed by atoms with van der Waals surface area (Å²) in [5.41, 5.74) is 4.90. The van der Waals surface area contributed by atoms with E-state index in [0.717, 1.165) is 34.5 Å². The lowest BCUT2D eigenvalue weighted by Crippen LogP contribution is -2.40. The molecule has 2 aromatic rings. The predicted molar refractivity (Wildman–Crippen MR) is 111 cm³/mol. The van der Waals surface area contributed by atoms with Gasteiger partial charge in [-0.2, -0.15) is 4.31 Å². The smallest absolute Gasteiger partial charge is 0.243 e. The average Bonchev–Trinajstić information content (AvgIpc) is 2.97. The molecule has 0 unspecified atom stereocenters. The Balaban J connectivity index is 1.58. The monoisotopic (exact) mass is 416 g/mol. The number of H-pyrrole nitrogens is 1. The highest BCUT2D eigenvalue weighted by Crippen LogP contribution is 2.37. The number of hydrogen-bond acceptors (Lipinski definition) is 4. The van der Waals surface area contributed by atoms with Crippen molar-refractivity contribution in [2.24, 2.45) is 5.41 Å². The molecule has 1 aromatic heterocycles. The van der Waals surface area contributed by atoms with Crippen molar-refractivity contribution in [1.29, 1.82) is 0 Å². The lowest BCUT2D eigenvalue weighted by molar-refractivity contribution is 0.0730. The second-order valence-corrected chi connectivity index (χ2v) is 10.8. The molecular formula is C22H28N2O4S. The van der Waals surface area contributed by atoms with E-state index in [2.05, 4.69) is 18.8 Å². The Morgan fingerprint density at radius 3 is 2.41 bits per heavy atom. The van der Waals surface area contributed by atoms with Gasteiger partial charge in [0, 0.05) is 36.5 Å². The number of benzene rings is 1. The van der Waals surface area contributed by atoms with Gasteiger partial charge in [-0.25, -0.2) is 8.42 Å². The Hall–Kier alpha value is -1.96. The first-order chi connectivity index (χ1) is 13.7. The zero-order chi connectivity index (χ0) is 20.8. The molecule has 29 heavy (non-hydrogen) atoms. The van der Waals surface area contributed by atoms with Crippen molar-refractivity contribution in [2.45, 2.75) is 44.9 Å². The van der Waals surface area contributed by atoms with Gasteiger partial charge in [-0.15, -0.1) is 0 Å². The fourth-order valence-corrected chi connectivity index (χ4v) is 5.82. The largest absolute Gasteiger partial charge is 0.379 e. The molecule has 1 aromatic carbocycles. The van der Waals surface area contributed by atoms with Crippen molar-refractivity contribution < 1.29 is 17.9 Å². The number of carbonyl (C=O) groups is 1. The molecule has 2 heterocycles. The molecule has 0 bridgehead atoms. The van der Waals surface area contributed by atoms with Crippen molar-refractivity contribution in [3.63, 3.8) is 0 Å². The van der Waals surface area contributed by atoms with Gasteiger partial charge >= 0.3 is 0 Å². The molecule has 1 fully saturated rings. The number of rotatable bonds is 4. The molecule has 0 atom stereocenters. The molecule has 4 rings (SSSR count). The maximum Gasteiger partial charge on any atom is 0.243 e. The van der Waals surface area contributed by atoms with E-state index >= 15 is 0 Å². The Kier molecular flexibility index (Phi) is 5.17. The molecule has 1 aliphatic heterocycles. The lowest BCUT2D eigenvalue weighted by Gasteiger charge is -2.28. The molecule has 1 N–H and O–H groups in total. The number of nitrogens with zero attached hydrogens (tertiary/aromatic N) is 1. The van der Waals surface area contributed by atoms with Crippen LogP contribution in [0.4, 0.5) is 0 Å². The van der Waals surface area contributed by atoms with E-state index in [-0.39, 0.29) is 11.2 Å². The van der Waals surface area contributed by atoms with E-state index in [1.54, 1.807) is 12.1 Å². The number of carbonyl (C=O) groups excluding carboxylic acids is 1. The van der Waals surface area contributed by atoms with Crippen LogP contribution in [0, 0.1) is 12.3 Å². The summed E-state index contributed by atoms with van der Waals surface area (Å²) in [6.45, 7) is 7.88. The van der Waals surface area contributed by atoms with Crippen molar-refractivity contribution in [3.8, 4) is 0 Å². The summed E-state index contributed by atoms with van der Waals surface area (Å²) in [6, 6.07) is 7.03. The van der Waals surface area contributed by atoms with Crippen LogP contribution in [0.15, 0.2) is 29.2 Å². The van der Waals surface area contributed by atoms with Crippen LogP contribution in [0.25, 0.3) is 0 Å². The average molecular weight is 417 g/mol. The maximum atomic E-state index is 12.8. The lowest BCUT2D eigenvalue weighted by atomic mass is 9.75. The van der Waals surface area contributed by atoms with Crippen molar-refractivity contribution >= 4 is 15.8 Å². The van der Waals surface area contributed by atoms with Crippen LogP contribution in [-0.4, -0.2) is 49.8 Å². The van der Waals surface area contributed by atoms with Crippen LogP contribution >= 0.6 is 0 Å². The van der Waals surface area contributed by atoms with Gasteiger partial charge in [0.25, 0.3) is 0 Å². The maximum absolute atomic E-state index is 12.8. The van der Waals surface area contributed by atoms with Gasteiger partial charge in [-0.05, 0) is 48.4 Å². The quantitative estimate of drug-likeness (QED) is 0.831. The third-order valence-electron chi connectivity index (χ3n) is 5.88. The highest BCUT2D eigenvalue weighted by Gasteiger charge is 2.34. The number of ketones is 1. The number of aryl methyl sites for hydroxylation is 1. The Bertz CT molecular complexity index is 1030. The Labute approximate surface area is 172 Å². The predicted octanol–water partition coefficient (Wildman–Crippen LogP) is 3.09. The molecule has 1 saturated heterocycles. The fraction of sp³-hybridized carbons (Fsp3) is 0.500. The van der Waals surface area contributed by atoms with Crippen LogP contribution in [-0.2, 0) is 27.6 Å². The van der Waals surface area contributed by atoms with Gasteiger partial charge in [-0.3, -0.25) is 4.79 Å². The number of morpholine rings is 1. The SMILES string of the molecule is Cc1[nH]c2c(c1Cc1ccc(S(=O)(=O)N3CCOCC3)cc1)C(=O)CC(C)(C)C2. The van der Waals surface area contributed by atoms with E-state index in [4.69, 9.17) is 4.74 Å². The van der Waals surface area contributed by atoms with Gasteiger partial charge < -0.3 is 9.72 Å². The summed E-state index contributed by atoms with van der Waals surface area (Å²) in [5, 5.41) is 0. The van der Waals surface area contributed by atoms with Crippen LogP contribution in [0.5, 0.6) is 0 Å². The number of ether oxygens (including phenoxy) is 1. The van der Waals surface area contributed by atoms with Gasteiger partial charge in [-0.1, -0.05) is 26.0 Å². The van der Waals surface area contributed by atoms with E-state index in [0.29, 0.717) is 44.0 Å². The first kappa shape index (κ1) is 20.3. The molecule has 0 amide bonds. The summed E-state index contributed by atoms with van der Waals surface area (Å²) < 4.78 is 32.3. The Morgan fingerprint density at radius 2 is 1.76 bits per heavy atom. The van der Waals surface area contributed by atoms with Crippen LogP contribution < -0.4 is 0 Å². The topological polar surface area (TPSA) is 79.5 Å². The van der Waals surface area contributed by atoms with E-state index in [1.807, 2.05) is 19.1 Å². The number of aromatic amines is 1. The number of aromatic nitrogens is 1. The summed E-state index contributed by atoms with van der Waals surface area (Å²) in [5.74, 6) is 0.196. The standard InChI is InChI=1S/C22H28N2O4S/c1-15-18(21-19(23-15)13-22(2,3)14-20(21)25)12-16-4-6-17(7-5-16)29(26,27)24-8-10-28-11-9-24/h4-7,23H,8-14H2,1-3H3. The number of fused-ring (bicyclic) bond motifs is 1. The third kappa shape index (κ3) is 3.91. The highest BCUT2D eigenvalue weighted by molar-refractivity contribution is 7.89. The molecule has 7 heteroatoms. The molecule has 2 aliphatic rings. The second kappa shape index (κ2) is 7.38. The van der Waals surface area contributed by atoms with E-state index < -0.39 is 10.0 Å². The van der Waals surface area contributed by atoms with Crippen molar-refractivity contribution in [3.05, 3.63) is 52.3 Å². The fourth-order valence-electron chi connectivity index (χ4n) is 4.41. The van der Waals surface area contributed by atoms with Crippen LogP contribution in [0.2, 0.25) is 0 Å². The Morgan fingerprint density at radius 1 is 1.10 bits per heavy atom. The minimum atomic E-state index is -3.49. The number of Topliss-reactive ketones (excluding diaryl/α,β-unsaturated/α-hetero) is 1. The third-order valence-corrected chi connectivity index (χ3v) is 7.79. The zero-order valence-corrected chi connectivity index (χ0v) is 18.1. The first-order valence-electron chi connectivity index (χ1n) is 10.1. The van der Waals surface area contributed by atoms with Gasteiger partial charge in [0.05, 0.1) is 18.1 Å². The van der Waals surface area contributed by atoms with Crippen molar-refractivity contribution in [2.75, 3.05) is 26.3 Å². The summed E-state index contributed by atoms with van der Waals surface area (Å²) in [6.07, 6.45) is 2.04. The molecule has 0 saturated carbocycles. The molecule has 0 radical (unpaired) electrons. The van der Waals surface area contributed by atoms with Gasteiger partial charge in [0.2, 0.25) is 10.0 Å². The summed E-state index contributed by atoms with van der Waals surface area (Å²) in [4.78, 5) is 16.5. The normalized spacial score (nSPS) is 19.9. The van der Waals surface area contributed by atoms with E-state index in [9.17, 15) is 13.2 Å². The number of hydrogen-bond donors (Lipinski definition) is 1. The highest BCUT2D eigenvalue weighted by atomic mass is 32.2. The first-order valence-corrected chi connectivity index (χ1v) is 11.5. The summed E-state index contributed by atoms with van der Waals surface area (Å²) in [7, 11) is -3.49. The molecule has 0 spiro atoms. The van der Waals surface area contributed by atoms with E-state index in [1.165, 1.54) is 4.31 Å². The second-order valence-electron chi connectivity index (χ2n) is 8.86. The number of sulfonamides is 1. The molecule has 156 valence electrons. The number of nitrogens with one attached hydrogen (secondary N) is 1. The van der Waals surface area contributed by atoms with Gasteiger partial charge in [0.15, 0.2) is 5.78 Å². The minimum Gasteiger partial charge on any atom is -0.379 e. The van der Waals surface area contributed by atoms with Crippen LogP contribution in [0.3, 0.4) is 0 Å². The van der Waals surface area contributed by atoms with Crippen molar-refractivity contribution in [1.82, 2.24) is 9.29 Å². The molecule has 1 aliphatic carbocycles. The van der Waals surface area contributed by atoms with Crippen LogP contribution in [0.1, 0.15) is 53.1 Å². The minimum absolute atomic E-state index is 0.0197. The summed E-state index contributed by atoms with van der Waals surface area (Å²) >= 11 is 0. The zero-order valence-electron chi connectivity index (χ0n) is 17.2. The van der Waals surface area contributed by atoms with Gasteiger partial charge in [0.1, 0.15) is 0 Å². The molecular weight excluding hydrogens is 388 g/mol. The molecule has 6 nitrogen and oxygen atoms in total.